The van der Waals surface area contributed by atoms with Crippen LogP contribution in [0.2, 0.25) is 0 Å². The number of amides is 3. The van der Waals surface area contributed by atoms with E-state index in [0.717, 1.165) is 30.3 Å². The largest absolute Gasteiger partial charge is 0.338 e. The molecule has 4 saturated carbocycles. The zero-order chi connectivity index (χ0) is 23.0. The molecule has 2 N–H and O–H groups in total. The van der Waals surface area contributed by atoms with E-state index >= 15 is 0 Å². The summed E-state index contributed by atoms with van der Waals surface area (Å²) >= 11 is 1.56. The number of nitrogens with one attached hydrogen (secondary N) is 2. The molecule has 7 heteroatoms. The predicted octanol–water partition coefficient (Wildman–Crippen LogP) is 5.15. The van der Waals surface area contributed by atoms with Crippen LogP contribution in [0.3, 0.4) is 0 Å². The van der Waals surface area contributed by atoms with Gasteiger partial charge in [-0.15, -0.1) is 11.3 Å². The van der Waals surface area contributed by atoms with Crippen LogP contribution in [-0.4, -0.2) is 41.0 Å². The molecule has 1 aromatic heterocycles. The van der Waals surface area contributed by atoms with E-state index < -0.39 is 0 Å². The fourth-order valence-electron chi connectivity index (χ4n) is 8.27. The maximum atomic E-state index is 12.3. The minimum absolute atomic E-state index is 0.0949. The van der Waals surface area contributed by atoms with Crippen molar-refractivity contribution in [2.24, 2.45) is 28.6 Å². The number of rotatable bonds is 3. The Morgan fingerprint density at radius 1 is 1.12 bits per heavy atom. The van der Waals surface area contributed by atoms with Gasteiger partial charge in [0.1, 0.15) is 0 Å². The molecular formula is C26H36N4O2S. The number of hydrogen-bond acceptors (Lipinski definition) is 4. The zero-order valence-electron chi connectivity index (χ0n) is 20.0. The SMILES string of the molecule is CN1C(=O)C=C[C@]2(C)[C@H]3CC[C@]4(C)[C@@H](c5csc(NC(=O)NC6CC6)n5)CC[C@H]4[C@@H]3CC[C@@H]12. The van der Waals surface area contributed by atoms with E-state index in [2.05, 4.69) is 35.9 Å². The Hall–Kier alpha value is -1.89. The molecule has 178 valence electrons. The van der Waals surface area contributed by atoms with E-state index in [-0.39, 0.29) is 22.8 Å². The van der Waals surface area contributed by atoms with E-state index in [1.807, 2.05) is 18.0 Å². The summed E-state index contributed by atoms with van der Waals surface area (Å²) in [5.74, 6) is 2.72. The lowest BCUT2D eigenvalue weighted by molar-refractivity contribution is -0.138. The Labute approximate surface area is 200 Å². The average Bonchev–Trinajstić information content (AvgIpc) is 3.34. The van der Waals surface area contributed by atoms with Gasteiger partial charge in [0.25, 0.3) is 0 Å². The van der Waals surface area contributed by atoms with Crippen molar-refractivity contribution in [2.45, 2.75) is 83.2 Å². The summed E-state index contributed by atoms with van der Waals surface area (Å²) in [6.07, 6.45) is 13.5. The molecule has 0 spiro atoms. The van der Waals surface area contributed by atoms with Gasteiger partial charge in [-0.2, -0.15) is 0 Å². The quantitative estimate of drug-likeness (QED) is 0.644. The van der Waals surface area contributed by atoms with Gasteiger partial charge < -0.3 is 10.2 Å². The average molecular weight is 469 g/mol. The van der Waals surface area contributed by atoms with Gasteiger partial charge in [0.15, 0.2) is 5.13 Å². The molecule has 6 nitrogen and oxygen atoms in total. The van der Waals surface area contributed by atoms with Crippen LogP contribution in [-0.2, 0) is 4.79 Å². The van der Waals surface area contributed by atoms with Gasteiger partial charge in [0.05, 0.1) is 5.69 Å². The Kier molecular flexibility index (Phi) is 4.95. The second-order valence-electron chi connectivity index (χ2n) is 11.7. The van der Waals surface area contributed by atoms with Crippen molar-refractivity contribution in [3.63, 3.8) is 0 Å². The monoisotopic (exact) mass is 468 g/mol. The summed E-state index contributed by atoms with van der Waals surface area (Å²) in [7, 11) is 1.99. The zero-order valence-corrected chi connectivity index (χ0v) is 20.8. The van der Waals surface area contributed by atoms with Crippen molar-refractivity contribution < 1.29 is 9.59 Å². The van der Waals surface area contributed by atoms with Crippen LogP contribution < -0.4 is 10.6 Å². The third-order valence-electron chi connectivity index (χ3n) is 10.1. The van der Waals surface area contributed by atoms with Crippen LogP contribution in [0, 0.1) is 28.6 Å². The molecule has 3 amide bonds. The van der Waals surface area contributed by atoms with Crippen LogP contribution in [0.5, 0.6) is 0 Å². The van der Waals surface area contributed by atoms with Gasteiger partial charge >= 0.3 is 6.03 Å². The summed E-state index contributed by atoms with van der Waals surface area (Å²) in [6.45, 7) is 4.92. The lowest BCUT2D eigenvalue weighted by Crippen LogP contribution is -2.59. The number of nitrogens with zero attached hydrogens (tertiary/aromatic N) is 2. The van der Waals surface area contributed by atoms with Crippen molar-refractivity contribution >= 4 is 28.4 Å². The minimum Gasteiger partial charge on any atom is -0.338 e. The van der Waals surface area contributed by atoms with Crippen molar-refractivity contribution in [2.75, 3.05) is 12.4 Å². The van der Waals surface area contributed by atoms with E-state index in [1.165, 1.54) is 37.8 Å². The molecule has 4 fully saturated rings. The lowest BCUT2D eigenvalue weighted by atomic mass is 9.47. The Bertz CT molecular complexity index is 1000. The maximum absolute atomic E-state index is 12.3. The topological polar surface area (TPSA) is 74.3 Å². The molecule has 2 heterocycles. The van der Waals surface area contributed by atoms with Gasteiger partial charge in [-0.3, -0.25) is 10.1 Å². The highest BCUT2D eigenvalue weighted by molar-refractivity contribution is 7.13. The van der Waals surface area contributed by atoms with Gasteiger partial charge in [-0.1, -0.05) is 19.9 Å². The fraction of sp³-hybridized carbons (Fsp3) is 0.731. The number of aromatic nitrogens is 1. The molecule has 4 aliphatic carbocycles. The predicted molar refractivity (Wildman–Crippen MR) is 130 cm³/mol. The molecule has 5 aliphatic rings. The highest BCUT2D eigenvalue weighted by Crippen LogP contribution is 2.67. The number of urea groups is 1. The lowest BCUT2D eigenvalue weighted by Gasteiger charge is -2.60. The molecule has 1 aliphatic heterocycles. The smallest absolute Gasteiger partial charge is 0.321 e. The van der Waals surface area contributed by atoms with E-state index in [9.17, 15) is 9.59 Å². The van der Waals surface area contributed by atoms with Crippen LogP contribution in [0.25, 0.3) is 0 Å². The summed E-state index contributed by atoms with van der Waals surface area (Å²) in [4.78, 5) is 31.4. The van der Waals surface area contributed by atoms with Crippen LogP contribution in [0.1, 0.15) is 76.8 Å². The van der Waals surface area contributed by atoms with Crippen LogP contribution in [0.4, 0.5) is 9.93 Å². The fourth-order valence-corrected chi connectivity index (χ4v) is 9.03. The molecule has 6 rings (SSSR count). The van der Waals surface area contributed by atoms with Crippen LogP contribution >= 0.6 is 11.3 Å². The number of likely N-dealkylation sites (N-methyl/N-ethyl adjacent to an activating group) is 1. The third kappa shape index (κ3) is 3.36. The Morgan fingerprint density at radius 2 is 1.94 bits per heavy atom. The number of carbonyl (C=O) groups excluding carboxylic acids is 2. The molecule has 33 heavy (non-hydrogen) atoms. The maximum Gasteiger partial charge on any atom is 0.321 e. The standard InChI is InChI=1S/C26H36N4O2S/c1-25-12-10-18-16(6-9-21-26(18,2)13-11-22(31)30(21)3)17(25)7-8-19(25)20-14-33-24(28-20)29-23(32)27-15-4-5-15/h11,13-19,21H,4-10,12H2,1-3H3,(H2,27,28,29,32)/t16-,17-,18-,19+,21+,25-,26+/m0/s1. The van der Waals surface area contributed by atoms with Gasteiger partial charge in [0.2, 0.25) is 5.91 Å². The van der Waals surface area contributed by atoms with Crippen molar-refractivity contribution in [1.82, 2.24) is 15.2 Å². The summed E-state index contributed by atoms with van der Waals surface area (Å²) < 4.78 is 0. The second-order valence-corrected chi connectivity index (χ2v) is 12.6. The number of carbonyl (C=O) groups is 2. The molecule has 1 aromatic rings. The Morgan fingerprint density at radius 3 is 2.73 bits per heavy atom. The minimum atomic E-state index is -0.122. The van der Waals surface area contributed by atoms with Crippen molar-refractivity contribution in [3.8, 4) is 0 Å². The normalized spacial score (nSPS) is 41.8. The van der Waals surface area contributed by atoms with Crippen molar-refractivity contribution in [3.05, 3.63) is 23.2 Å². The number of anilines is 1. The van der Waals surface area contributed by atoms with Crippen molar-refractivity contribution in [1.29, 1.82) is 0 Å². The number of hydrogen-bond donors (Lipinski definition) is 2. The summed E-state index contributed by atoms with van der Waals surface area (Å²) in [6, 6.07) is 0.568. The molecule has 0 unspecified atom stereocenters. The first kappa shape index (κ1) is 21.6. The first-order valence-corrected chi connectivity index (χ1v) is 13.7. The second kappa shape index (κ2) is 7.56. The molecule has 0 bridgehead atoms. The molecule has 0 saturated heterocycles. The highest BCUT2D eigenvalue weighted by atomic mass is 32.1. The van der Waals surface area contributed by atoms with E-state index in [1.54, 1.807) is 11.3 Å². The first-order valence-electron chi connectivity index (χ1n) is 12.8. The number of thiazole rings is 1. The molecule has 0 aromatic carbocycles. The Balaban J connectivity index is 1.21. The summed E-state index contributed by atoms with van der Waals surface area (Å²) in [5.41, 5.74) is 1.54. The molecule has 0 radical (unpaired) electrons. The van der Waals surface area contributed by atoms with E-state index in [4.69, 9.17) is 4.98 Å². The first-order chi connectivity index (χ1) is 15.8. The van der Waals surface area contributed by atoms with Crippen LogP contribution in [0.15, 0.2) is 17.5 Å². The number of fused-ring (bicyclic) bond motifs is 5. The van der Waals surface area contributed by atoms with Gasteiger partial charge in [0, 0.05) is 35.8 Å². The van der Waals surface area contributed by atoms with Gasteiger partial charge in [-0.25, -0.2) is 9.78 Å². The van der Waals surface area contributed by atoms with Gasteiger partial charge in [-0.05, 0) is 80.6 Å². The van der Waals surface area contributed by atoms with E-state index in [0.29, 0.717) is 29.8 Å². The molecular weight excluding hydrogens is 432 g/mol. The molecule has 7 atom stereocenters. The highest BCUT2D eigenvalue weighted by Gasteiger charge is 2.60. The summed E-state index contributed by atoms with van der Waals surface area (Å²) in [5, 5.41) is 8.83. The third-order valence-corrected chi connectivity index (χ3v) is 10.9.